The SMILES string of the molecule is CC(C)c1ccc(N/C=C(/C#N)C(=O)Nc2cccc(Cl)c2)cc1. The standard InChI is InChI=1S/C19H18ClN3O/c1-13(2)14-6-8-17(9-7-14)22-12-15(11-21)19(24)23-18-5-3-4-16(20)10-18/h3-10,12-13,22H,1-2H3,(H,23,24)/b15-12-. The van der Waals surface area contributed by atoms with Gasteiger partial charge in [-0.3, -0.25) is 4.79 Å². The molecule has 0 radical (unpaired) electrons. The minimum Gasteiger partial charge on any atom is -0.360 e. The third kappa shape index (κ3) is 4.87. The molecular weight excluding hydrogens is 322 g/mol. The first-order chi connectivity index (χ1) is 11.5. The van der Waals surface area contributed by atoms with Gasteiger partial charge in [-0.2, -0.15) is 5.26 Å². The second kappa shape index (κ2) is 8.19. The van der Waals surface area contributed by atoms with E-state index in [2.05, 4.69) is 24.5 Å². The molecule has 0 aromatic heterocycles. The van der Waals surface area contributed by atoms with Crippen LogP contribution in [0.5, 0.6) is 0 Å². The topological polar surface area (TPSA) is 64.9 Å². The van der Waals surface area contributed by atoms with Crippen molar-refractivity contribution in [3.05, 3.63) is 70.9 Å². The highest BCUT2D eigenvalue weighted by molar-refractivity contribution is 6.31. The van der Waals surface area contributed by atoms with Gasteiger partial charge in [0.1, 0.15) is 11.6 Å². The molecule has 2 rings (SSSR count). The number of hydrogen-bond acceptors (Lipinski definition) is 3. The lowest BCUT2D eigenvalue weighted by molar-refractivity contribution is -0.112. The highest BCUT2D eigenvalue weighted by Gasteiger charge is 2.09. The van der Waals surface area contributed by atoms with Crippen LogP contribution < -0.4 is 10.6 Å². The Balaban J connectivity index is 2.05. The summed E-state index contributed by atoms with van der Waals surface area (Å²) in [6, 6.07) is 16.5. The van der Waals surface area contributed by atoms with Crippen LogP contribution in [0.2, 0.25) is 5.02 Å². The Morgan fingerprint density at radius 3 is 2.46 bits per heavy atom. The van der Waals surface area contributed by atoms with Crippen molar-refractivity contribution in [1.29, 1.82) is 5.26 Å². The normalized spacial score (nSPS) is 11.0. The number of amides is 1. The summed E-state index contributed by atoms with van der Waals surface area (Å²) in [5, 5.41) is 15.3. The summed E-state index contributed by atoms with van der Waals surface area (Å²) in [4.78, 5) is 12.1. The quantitative estimate of drug-likeness (QED) is 0.600. The number of carbonyl (C=O) groups is 1. The maximum Gasteiger partial charge on any atom is 0.267 e. The Labute approximate surface area is 146 Å². The van der Waals surface area contributed by atoms with E-state index >= 15 is 0 Å². The van der Waals surface area contributed by atoms with E-state index in [1.165, 1.54) is 11.8 Å². The first kappa shape index (κ1) is 17.6. The molecule has 4 nitrogen and oxygen atoms in total. The highest BCUT2D eigenvalue weighted by atomic mass is 35.5. The molecule has 2 N–H and O–H groups in total. The van der Waals surface area contributed by atoms with Crippen LogP contribution in [0.1, 0.15) is 25.3 Å². The molecule has 0 bridgehead atoms. The van der Waals surface area contributed by atoms with Gasteiger partial charge in [-0.15, -0.1) is 0 Å². The van der Waals surface area contributed by atoms with Gasteiger partial charge in [-0.05, 0) is 41.8 Å². The lowest BCUT2D eigenvalue weighted by atomic mass is 10.0. The van der Waals surface area contributed by atoms with Crippen molar-refractivity contribution in [3.8, 4) is 6.07 Å². The van der Waals surface area contributed by atoms with Gasteiger partial charge in [-0.1, -0.05) is 43.6 Å². The van der Waals surface area contributed by atoms with E-state index in [4.69, 9.17) is 11.6 Å². The molecule has 0 saturated carbocycles. The molecule has 0 spiro atoms. The van der Waals surface area contributed by atoms with E-state index in [-0.39, 0.29) is 5.57 Å². The van der Waals surface area contributed by atoms with Crippen molar-refractivity contribution in [2.45, 2.75) is 19.8 Å². The van der Waals surface area contributed by atoms with Crippen LogP contribution in [-0.2, 0) is 4.79 Å². The molecule has 0 heterocycles. The smallest absolute Gasteiger partial charge is 0.267 e. The maximum atomic E-state index is 12.1. The van der Waals surface area contributed by atoms with E-state index in [0.717, 1.165) is 5.69 Å². The van der Waals surface area contributed by atoms with Crippen molar-refractivity contribution < 1.29 is 4.79 Å². The highest BCUT2D eigenvalue weighted by Crippen LogP contribution is 2.18. The Morgan fingerprint density at radius 2 is 1.88 bits per heavy atom. The Morgan fingerprint density at radius 1 is 1.17 bits per heavy atom. The summed E-state index contributed by atoms with van der Waals surface area (Å²) in [7, 11) is 0. The molecule has 1 amide bonds. The number of nitrogens with one attached hydrogen (secondary N) is 2. The predicted octanol–water partition coefficient (Wildman–Crippen LogP) is 4.92. The molecule has 0 aliphatic carbocycles. The predicted molar refractivity (Wildman–Crippen MR) is 97.9 cm³/mol. The number of rotatable bonds is 5. The number of benzene rings is 2. The van der Waals surface area contributed by atoms with Gasteiger partial charge in [0.15, 0.2) is 0 Å². The van der Waals surface area contributed by atoms with Crippen LogP contribution in [0.15, 0.2) is 60.3 Å². The van der Waals surface area contributed by atoms with Gasteiger partial charge < -0.3 is 10.6 Å². The zero-order chi connectivity index (χ0) is 17.5. The average molecular weight is 340 g/mol. The van der Waals surface area contributed by atoms with Gasteiger partial charge >= 0.3 is 0 Å². The molecule has 0 saturated heterocycles. The summed E-state index contributed by atoms with van der Waals surface area (Å²) in [5.41, 5.74) is 2.55. The van der Waals surface area contributed by atoms with Gasteiger partial charge in [0, 0.05) is 22.6 Å². The van der Waals surface area contributed by atoms with Gasteiger partial charge in [0.2, 0.25) is 0 Å². The molecule has 5 heteroatoms. The first-order valence-corrected chi connectivity index (χ1v) is 7.91. The monoisotopic (exact) mass is 339 g/mol. The Hall–Kier alpha value is -2.77. The minimum atomic E-state index is -0.494. The van der Waals surface area contributed by atoms with E-state index in [1.54, 1.807) is 24.3 Å². The van der Waals surface area contributed by atoms with E-state index in [9.17, 15) is 10.1 Å². The van der Waals surface area contributed by atoms with Crippen LogP contribution in [0.25, 0.3) is 0 Å². The number of nitrogens with zero attached hydrogens (tertiary/aromatic N) is 1. The second-order valence-corrected chi connectivity index (χ2v) is 5.99. The van der Waals surface area contributed by atoms with Crippen LogP contribution in [0.4, 0.5) is 11.4 Å². The van der Waals surface area contributed by atoms with Crippen LogP contribution >= 0.6 is 11.6 Å². The zero-order valence-corrected chi connectivity index (χ0v) is 14.3. The van der Waals surface area contributed by atoms with E-state index in [0.29, 0.717) is 16.6 Å². The van der Waals surface area contributed by atoms with Crippen LogP contribution in [0.3, 0.4) is 0 Å². The number of hydrogen-bond donors (Lipinski definition) is 2. The van der Waals surface area contributed by atoms with Crippen molar-refractivity contribution in [2.75, 3.05) is 10.6 Å². The molecule has 0 aliphatic heterocycles. The average Bonchev–Trinajstić information content (AvgIpc) is 2.56. The molecule has 0 aliphatic rings. The second-order valence-electron chi connectivity index (χ2n) is 5.56. The molecule has 2 aromatic rings. The van der Waals surface area contributed by atoms with Gasteiger partial charge in [0.05, 0.1) is 0 Å². The fraction of sp³-hybridized carbons (Fsp3) is 0.158. The Kier molecular flexibility index (Phi) is 6.00. The first-order valence-electron chi connectivity index (χ1n) is 7.53. The number of nitriles is 1. The van der Waals surface area contributed by atoms with E-state index < -0.39 is 5.91 Å². The van der Waals surface area contributed by atoms with Crippen molar-refractivity contribution >= 4 is 28.9 Å². The molecular formula is C19H18ClN3O. The van der Waals surface area contributed by atoms with Crippen molar-refractivity contribution in [3.63, 3.8) is 0 Å². The molecule has 0 atom stereocenters. The van der Waals surface area contributed by atoms with Crippen LogP contribution in [-0.4, -0.2) is 5.91 Å². The largest absolute Gasteiger partial charge is 0.360 e. The summed E-state index contributed by atoms with van der Waals surface area (Å²) >= 11 is 5.87. The third-order valence-electron chi connectivity index (χ3n) is 3.41. The minimum absolute atomic E-state index is 0.0251. The fourth-order valence-electron chi connectivity index (χ4n) is 2.03. The summed E-state index contributed by atoms with van der Waals surface area (Å²) < 4.78 is 0. The lowest BCUT2D eigenvalue weighted by Crippen LogP contribution is -2.14. The fourth-order valence-corrected chi connectivity index (χ4v) is 2.22. The number of anilines is 2. The van der Waals surface area contributed by atoms with Gasteiger partial charge in [0.25, 0.3) is 5.91 Å². The summed E-state index contributed by atoms with van der Waals surface area (Å²) in [6.45, 7) is 4.24. The number of carbonyl (C=O) groups excluding carboxylic acids is 1. The lowest BCUT2D eigenvalue weighted by Gasteiger charge is -2.08. The Bertz CT molecular complexity index is 789. The molecule has 122 valence electrons. The van der Waals surface area contributed by atoms with Crippen LogP contribution in [0, 0.1) is 11.3 Å². The molecule has 0 fully saturated rings. The summed E-state index contributed by atoms with van der Waals surface area (Å²) in [5.74, 6) is -0.0428. The third-order valence-corrected chi connectivity index (χ3v) is 3.64. The van der Waals surface area contributed by atoms with E-state index in [1.807, 2.05) is 30.3 Å². The summed E-state index contributed by atoms with van der Waals surface area (Å²) in [6.07, 6.45) is 1.39. The van der Waals surface area contributed by atoms with Gasteiger partial charge in [-0.25, -0.2) is 0 Å². The van der Waals surface area contributed by atoms with Crippen molar-refractivity contribution in [2.24, 2.45) is 0 Å². The number of halogens is 1. The zero-order valence-electron chi connectivity index (χ0n) is 13.5. The molecule has 0 unspecified atom stereocenters. The molecule has 24 heavy (non-hydrogen) atoms. The molecule has 2 aromatic carbocycles. The van der Waals surface area contributed by atoms with Crippen molar-refractivity contribution in [1.82, 2.24) is 0 Å². The maximum absolute atomic E-state index is 12.1.